The zero-order valence-corrected chi connectivity index (χ0v) is 17.5. The number of aryl methyl sites for hydroxylation is 4. The number of anilines is 3. The van der Waals surface area contributed by atoms with E-state index in [-0.39, 0.29) is 11.6 Å². The smallest absolute Gasteiger partial charge is 0.274 e. The third kappa shape index (κ3) is 4.90. The number of hydrogen-bond acceptors (Lipinski definition) is 5. The molecule has 0 bridgehead atoms. The van der Waals surface area contributed by atoms with Crippen LogP contribution >= 0.6 is 0 Å². The van der Waals surface area contributed by atoms with Crippen molar-refractivity contribution in [1.29, 1.82) is 0 Å². The average molecular weight is 390 g/mol. The van der Waals surface area contributed by atoms with Gasteiger partial charge in [-0.2, -0.15) is 0 Å². The van der Waals surface area contributed by atoms with E-state index in [0.717, 1.165) is 16.8 Å². The minimum Gasteiger partial charge on any atom is -0.492 e. The maximum absolute atomic E-state index is 12.8. The summed E-state index contributed by atoms with van der Waals surface area (Å²) in [6, 6.07) is 13.2. The van der Waals surface area contributed by atoms with Crippen LogP contribution in [-0.4, -0.2) is 22.5 Å². The number of amides is 1. The second kappa shape index (κ2) is 8.73. The number of aromatic nitrogens is 2. The summed E-state index contributed by atoms with van der Waals surface area (Å²) >= 11 is 0. The van der Waals surface area contributed by atoms with Crippen LogP contribution in [0.3, 0.4) is 0 Å². The lowest BCUT2D eigenvalue weighted by Gasteiger charge is -2.14. The minimum atomic E-state index is -0.317. The van der Waals surface area contributed by atoms with E-state index in [1.807, 2.05) is 45.9 Å². The normalized spacial score (nSPS) is 10.5. The number of hydrogen-bond donors (Lipinski definition) is 2. The van der Waals surface area contributed by atoms with Gasteiger partial charge in [0.2, 0.25) is 5.95 Å². The lowest BCUT2D eigenvalue weighted by atomic mass is 10.1. The molecule has 3 rings (SSSR count). The zero-order valence-electron chi connectivity index (χ0n) is 17.5. The predicted octanol–water partition coefficient (Wildman–Crippen LogP) is 5.10. The van der Waals surface area contributed by atoms with E-state index in [9.17, 15) is 4.79 Å². The van der Waals surface area contributed by atoms with Crippen LogP contribution in [0.5, 0.6) is 5.75 Å². The minimum absolute atomic E-state index is 0.286. The number of benzene rings is 2. The van der Waals surface area contributed by atoms with Crippen LogP contribution in [0.2, 0.25) is 0 Å². The van der Waals surface area contributed by atoms with Crippen LogP contribution in [0, 0.1) is 27.7 Å². The highest BCUT2D eigenvalue weighted by Gasteiger charge is 2.14. The molecule has 6 nitrogen and oxygen atoms in total. The van der Waals surface area contributed by atoms with Crippen LogP contribution in [0.1, 0.15) is 39.8 Å². The SMILES string of the molecule is CCOc1ccccc1NC(=O)c1cc(C)nc(Nc2c(C)cc(C)cc2C)n1. The van der Waals surface area contributed by atoms with E-state index in [4.69, 9.17) is 4.74 Å². The summed E-state index contributed by atoms with van der Waals surface area (Å²) in [7, 11) is 0. The lowest BCUT2D eigenvalue weighted by molar-refractivity contribution is 0.102. The van der Waals surface area contributed by atoms with Crippen molar-refractivity contribution < 1.29 is 9.53 Å². The quantitative estimate of drug-likeness (QED) is 0.612. The highest BCUT2D eigenvalue weighted by Crippen LogP contribution is 2.26. The molecule has 0 atom stereocenters. The average Bonchev–Trinajstić information content (AvgIpc) is 2.66. The molecule has 0 aliphatic heterocycles. The molecule has 0 unspecified atom stereocenters. The molecule has 0 radical (unpaired) electrons. The number of para-hydroxylation sites is 2. The molecule has 6 heteroatoms. The second-order valence-corrected chi connectivity index (χ2v) is 7.00. The van der Waals surface area contributed by atoms with Crippen LogP contribution in [0.4, 0.5) is 17.3 Å². The van der Waals surface area contributed by atoms with Crippen LogP contribution in [0.25, 0.3) is 0 Å². The third-order valence-corrected chi connectivity index (χ3v) is 4.44. The Morgan fingerprint density at radius 1 is 1.00 bits per heavy atom. The molecule has 0 saturated heterocycles. The van der Waals surface area contributed by atoms with Gasteiger partial charge < -0.3 is 15.4 Å². The first-order valence-corrected chi connectivity index (χ1v) is 9.61. The Balaban J connectivity index is 1.87. The molecule has 2 aromatic carbocycles. The van der Waals surface area contributed by atoms with Crippen molar-refractivity contribution in [2.45, 2.75) is 34.6 Å². The number of ether oxygens (including phenoxy) is 1. The number of nitrogens with one attached hydrogen (secondary N) is 2. The zero-order chi connectivity index (χ0) is 21.0. The summed E-state index contributed by atoms with van der Waals surface area (Å²) in [6.07, 6.45) is 0. The van der Waals surface area contributed by atoms with Gasteiger partial charge in [-0.15, -0.1) is 0 Å². The number of carbonyl (C=O) groups is 1. The second-order valence-electron chi connectivity index (χ2n) is 7.00. The fourth-order valence-corrected chi connectivity index (χ4v) is 3.27. The highest BCUT2D eigenvalue weighted by atomic mass is 16.5. The van der Waals surface area contributed by atoms with E-state index >= 15 is 0 Å². The van der Waals surface area contributed by atoms with Crippen molar-refractivity contribution >= 4 is 23.2 Å². The van der Waals surface area contributed by atoms with Gasteiger partial charge in [0, 0.05) is 11.4 Å². The van der Waals surface area contributed by atoms with Crippen LogP contribution < -0.4 is 15.4 Å². The molecule has 2 N–H and O–H groups in total. The first kappa shape index (κ1) is 20.3. The predicted molar refractivity (Wildman–Crippen MR) is 116 cm³/mol. The van der Waals surface area contributed by atoms with E-state index in [0.29, 0.717) is 29.7 Å². The fourth-order valence-electron chi connectivity index (χ4n) is 3.27. The molecule has 0 aliphatic carbocycles. The number of nitrogens with zero attached hydrogens (tertiary/aromatic N) is 2. The van der Waals surface area contributed by atoms with Crippen LogP contribution in [-0.2, 0) is 0 Å². The van der Waals surface area contributed by atoms with Crippen LogP contribution in [0.15, 0.2) is 42.5 Å². The molecule has 3 aromatic rings. The Bertz CT molecular complexity index is 1020. The van der Waals surface area contributed by atoms with Crippen molar-refractivity contribution in [2.24, 2.45) is 0 Å². The fraction of sp³-hybridized carbons (Fsp3) is 0.261. The Labute approximate surface area is 171 Å². The van der Waals surface area contributed by atoms with Crippen molar-refractivity contribution in [3.05, 3.63) is 70.5 Å². The molecule has 0 fully saturated rings. The third-order valence-electron chi connectivity index (χ3n) is 4.44. The summed E-state index contributed by atoms with van der Waals surface area (Å²) in [5.41, 5.74) is 5.95. The largest absolute Gasteiger partial charge is 0.492 e. The van der Waals surface area contributed by atoms with E-state index in [2.05, 4.69) is 39.7 Å². The van der Waals surface area contributed by atoms with Crippen molar-refractivity contribution in [1.82, 2.24) is 9.97 Å². The van der Waals surface area contributed by atoms with Gasteiger partial charge in [-0.3, -0.25) is 4.79 Å². The number of carbonyl (C=O) groups excluding carboxylic acids is 1. The molecule has 0 spiro atoms. The summed E-state index contributed by atoms with van der Waals surface area (Å²) in [5.74, 6) is 0.699. The van der Waals surface area contributed by atoms with Gasteiger partial charge in [-0.1, -0.05) is 29.8 Å². The topological polar surface area (TPSA) is 76.1 Å². The maximum Gasteiger partial charge on any atom is 0.274 e. The summed E-state index contributed by atoms with van der Waals surface area (Å²) in [5, 5.41) is 6.15. The summed E-state index contributed by atoms with van der Waals surface area (Å²) in [6.45, 7) is 10.4. The van der Waals surface area contributed by atoms with Gasteiger partial charge in [0.05, 0.1) is 12.3 Å². The maximum atomic E-state index is 12.8. The first-order chi connectivity index (χ1) is 13.9. The van der Waals surface area contributed by atoms with Gasteiger partial charge >= 0.3 is 0 Å². The molecule has 1 aromatic heterocycles. The molecule has 0 aliphatic rings. The van der Waals surface area contributed by atoms with E-state index < -0.39 is 0 Å². The Kier molecular flexibility index (Phi) is 6.12. The van der Waals surface area contributed by atoms with Crippen molar-refractivity contribution in [2.75, 3.05) is 17.2 Å². The molecule has 150 valence electrons. The van der Waals surface area contributed by atoms with Gasteiger partial charge in [-0.25, -0.2) is 9.97 Å². The summed E-state index contributed by atoms with van der Waals surface area (Å²) in [4.78, 5) is 21.7. The van der Waals surface area contributed by atoms with Gasteiger partial charge in [0.25, 0.3) is 5.91 Å². The van der Waals surface area contributed by atoms with Gasteiger partial charge in [-0.05, 0) is 63.9 Å². The Hall–Kier alpha value is -3.41. The molecular weight excluding hydrogens is 364 g/mol. The molecule has 1 heterocycles. The van der Waals surface area contributed by atoms with E-state index in [1.54, 1.807) is 12.1 Å². The molecular formula is C23H26N4O2. The Morgan fingerprint density at radius 2 is 1.69 bits per heavy atom. The Morgan fingerprint density at radius 3 is 2.38 bits per heavy atom. The highest BCUT2D eigenvalue weighted by molar-refractivity contribution is 6.04. The van der Waals surface area contributed by atoms with Gasteiger partial charge in [0.15, 0.2) is 0 Å². The van der Waals surface area contributed by atoms with Crippen molar-refractivity contribution in [3.63, 3.8) is 0 Å². The molecule has 0 saturated carbocycles. The molecule has 29 heavy (non-hydrogen) atoms. The monoisotopic (exact) mass is 390 g/mol. The van der Waals surface area contributed by atoms with Crippen molar-refractivity contribution in [3.8, 4) is 5.75 Å². The van der Waals surface area contributed by atoms with E-state index in [1.165, 1.54) is 5.56 Å². The van der Waals surface area contributed by atoms with Gasteiger partial charge in [0.1, 0.15) is 11.4 Å². The summed E-state index contributed by atoms with van der Waals surface area (Å²) < 4.78 is 5.58. The standard InChI is InChI=1S/C23H26N4O2/c1-6-29-20-10-8-7-9-18(20)25-22(28)19-13-17(5)24-23(26-19)27-21-15(3)11-14(2)12-16(21)4/h7-13H,6H2,1-5H3,(H,25,28)(H,24,26,27). The molecule has 1 amide bonds. The first-order valence-electron chi connectivity index (χ1n) is 9.61. The number of rotatable bonds is 6. The lowest BCUT2D eigenvalue weighted by Crippen LogP contribution is -2.16.